The third kappa shape index (κ3) is 2.51. The van der Waals surface area contributed by atoms with E-state index >= 15 is 0 Å². The predicted octanol–water partition coefficient (Wildman–Crippen LogP) is 2.56. The molecule has 0 N–H and O–H groups in total. The van der Waals surface area contributed by atoms with Crippen LogP contribution in [0.4, 0.5) is 0 Å². The molecule has 0 atom stereocenters. The minimum atomic E-state index is 0.314. The third-order valence-electron chi connectivity index (χ3n) is 1.69. The molecular formula is C9H8N4. The molecule has 64 valence electrons. The van der Waals surface area contributed by atoms with E-state index in [-0.39, 0.29) is 0 Å². The molecule has 0 spiro atoms. The van der Waals surface area contributed by atoms with E-state index in [4.69, 9.17) is 10.8 Å². The monoisotopic (exact) mass is 172 g/mol. The Balaban J connectivity index is 2.91. The Morgan fingerprint density at radius 3 is 2.69 bits per heavy atom. The SMILES string of the molecule is N#CCc1ccccc1CN=[N+]=[N-]. The highest BCUT2D eigenvalue weighted by atomic mass is 15.1. The van der Waals surface area contributed by atoms with Crippen LogP contribution in [-0.4, -0.2) is 0 Å². The second-order valence-corrected chi connectivity index (χ2v) is 2.49. The fourth-order valence-corrected chi connectivity index (χ4v) is 1.08. The standard InChI is InChI=1S/C9H8N4/c10-6-5-8-3-1-2-4-9(8)7-12-13-11/h1-4H,5,7H2. The van der Waals surface area contributed by atoms with Gasteiger partial charge in [-0.25, -0.2) is 0 Å². The van der Waals surface area contributed by atoms with Gasteiger partial charge in [0.15, 0.2) is 0 Å². The van der Waals surface area contributed by atoms with Gasteiger partial charge in [0.05, 0.1) is 19.0 Å². The lowest BCUT2D eigenvalue weighted by Crippen LogP contribution is -1.90. The molecule has 0 aliphatic heterocycles. The largest absolute Gasteiger partial charge is 0.198 e. The zero-order valence-corrected chi connectivity index (χ0v) is 7.01. The fourth-order valence-electron chi connectivity index (χ4n) is 1.08. The smallest absolute Gasteiger partial charge is 0.0669 e. The lowest BCUT2D eigenvalue weighted by Gasteiger charge is -2.01. The molecule has 0 aromatic heterocycles. The quantitative estimate of drug-likeness (QED) is 0.392. The zero-order valence-electron chi connectivity index (χ0n) is 7.01. The van der Waals surface area contributed by atoms with Crippen LogP contribution < -0.4 is 0 Å². The minimum absolute atomic E-state index is 0.314. The van der Waals surface area contributed by atoms with Crippen molar-refractivity contribution in [3.8, 4) is 6.07 Å². The van der Waals surface area contributed by atoms with Gasteiger partial charge in [-0.2, -0.15) is 5.26 Å². The Kier molecular flexibility index (Phi) is 3.37. The summed E-state index contributed by atoms with van der Waals surface area (Å²) in [4.78, 5) is 2.67. The van der Waals surface area contributed by atoms with Gasteiger partial charge in [0.2, 0.25) is 0 Å². The van der Waals surface area contributed by atoms with Crippen LogP contribution in [0.5, 0.6) is 0 Å². The van der Waals surface area contributed by atoms with Gasteiger partial charge < -0.3 is 0 Å². The van der Waals surface area contributed by atoms with Crippen molar-refractivity contribution in [3.63, 3.8) is 0 Å². The van der Waals surface area contributed by atoms with Gasteiger partial charge in [0.1, 0.15) is 0 Å². The van der Waals surface area contributed by atoms with E-state index in [1.807, 2.05) is 24.3 Å². The van der Waals surface area contributed by atoms with Crippen LogP contribution in [0.15, 0.2) is 29.4 Å². The number of nitrogens with zero attached hydrogens (tertiary/aromatic N) is 4. The van der Waals surface area contributed by atoms with E-state index in [2.05, 4.69) is 16.1 Å². The summed E-state index contributed by atoms with van der Waals surface area (Å²) in [5.41, 5.74) is 9.99. The van der Waals surface area contributed by atoms with Crippen molar-refractivity contribution in [2.75, 3.05) is 0 Å². The maximum Gasteiger partial charge on any atom is 0.0669 e. The van der Waals surface area contributed by atoms with Gasteiger partial charge in [-0.1, -0.05) is 29.4 Å². The number of hydrogen-bond donors (Lipinski definition) is 0. The van der Waals surface area contributed by atoms with Crippen molar-refractivity contribution in [1.82, 2.24) is 0 Å². The molecule has 0 aliphatic carbocycles. The van der Waals surface area contributed by atoms with Gasteiger partial charge in [-0.05, 0) is 16.7 Å². The summed E-state index contributed by atoms with van der Waals surface area (Å²) in [5, 5.41) is 12.0. The third-order valence-corrected chi connectivity index (χ3v) is 1.69. The van der Waals surface area contributed by atoms with Crippen LogP contribution in [0.1, 0.15) is 11.1 Å². The highest BCUT2D eigenvalue weighted by Crippen LogP contribution is 2.10. The first-order valence-corrected chi connectivity index (χ1v) is 3.83. The molecule has 0 fully saturated rings. The topological polar surface area (TPSA) is 72.5 Å². The Bertz CT molecular complexity index is 371. The summed E-state index contributed by atoms with van der Waals surface area (Å²) in [6, 6.07) is 9.53. The van der Waals surface area contributed by atoms with Crippen LogP contribution in [0.2, 0.25) is 0 Å². The Labute approximate surface area is 76.1 Å². The van der Waals surface area contributed by atoms with Crippen molar-refractivity contribution in [3.05, 3.63) is 45.8 Å². The van der Waals surface area contributed by atoms with Crippen LogP contribution in [0.3, 0.4) is 0 Å². The molecule has 0 aliphatic rings. The van der Waals surface area contributed by atoms with Gasteiger partial charge in [0.25, 0.3) is 0 Å². The molecule has 13 heavy (non-hydrogen) atoms. The molecular weight excluding hydrogens is 164 g/mol. The van der Waals surface area contributed by atoms with E-state index in [1.54, 1.807) is 0 Å². The van der Waals surface area contributed by atoms with Crippen molar-refractivity contribution < 1.29 is 0 Å². The average molecular weight is 172 g/mol. The van der Waals surface area contributed by atoms with Gasteiger partial charge >= 0.3 is 0 Å². The molecule has 1 rings (SSSR count). The van der Waals surface area contributed by atoms with Crippen molar-refractivity contribution >= 4 is 0 Å². The van der Waals surface area contributed by atoms with Gasteiger partial charge in [-0.3, -0.25) is 0 Å². The first-order valence-electron chi connectivity index (χ1n) is 3.83. The summed E-state index contributed by atoms with van der Waals surface area (Å²) >= 11 is 0. The summed E-state index contributed by atoms with van der Waals surface area (Å²) in [6.07, 6.45) is 0.358. The van der Waals surface area contributed by atoms with Crippen molar-refractivity contribution in [2.45, 2.75) is 13.0 Å². The van der Waals surface area contributed by atoms with Gasteiger partial charge in [-0.15, -0.1) is 0 Å². The molecule has 0 saturated heterocycles. The fraction of sp³-hybridized carbons (Fsp3) is 0.222. The highest BCUT2D eigenvalue weighted by molar-refractivity contribution is 5.29. The molecule has 4 heteroatoms. The first kappa shape index (κ1) is 9.11. The molecule has 0 unspecified atom stereocenters. The average Bonchev–Trinajstić information content (AvgIpc) is 2.17. The van der Waals surface area contributed by atoms with Crippen LogP contribution in [0.25, 0.3) is 10.4 Å². The van der Waals surface area contributed by atoms with Crippen LogP contribution in [-0.2, 0) is 13.0 Å². The Morgan fingerprint density at radius 1 is 1.38 bits per heavy atom. The second kappa shape index (κ2) is 4.81. The van der Waals surface area contributed by atoms with Crippen molar-refractivity contribution in [1.29, 1.82) is 5.26 Å². The molecule has 4 nitrogen and oxygen atoms in total. The number of rotatable bonds is 3. The molecule has 0 bridgehead atoms. The molecule has 0 amide bonds. The lowest BCUT2D eigenvalue weighted by molar-refractivity contribution is 1.01. The summed E-state index contributed by atoms with van der Waals surface area (Å²) in [6.45, 7) is 0.314. The number of benzene rings is 1. The normalized spacial score (nSPS) is 8.54. The maximum atomic E-state index is 8.52. The molecule has 0 saturated carbocycles. The number of azide groups is 1. The van der Waals surface area contributed by atoms with Crippen molar-refractivity contribution in [2.24, 2.45) is 5.11 Å². The maximum absolute atomic E-state index is 8.52. The molecule has 0 heterocycles. The summed E-state index contributed by atoms with van der Waals surface area (Å²) in [7, 11) is 0. The Morgan fingerprint density at radius 2 is 2.08 bits per heavy atom. The van der Waals surface area contributed by atoms with Gasteiger partial charge in [0, 0.05) is 4.91 Å². The lowest BCUT2D eigenvalue weighted by atomic mass is 10.1. The second-order valence-electron chi connectivity index (χ2n) is 2.49. The van der Waals surface area contributed by atoms with E-state index in [0.717, 1.165) is 11.1 Å². The first-order chi connectivity index (χ1) is 6.38. The number of hydrogen-bond acceptors (Lipinski definition) is 2. The van der Waals surface area contributed by atoms with E-state index in [1.165, 1.54) is 0 Å². The highest BCUT2D eigenvalue weighted by Gasteiger charge is 1.98. The summed E-state index contributed by atoms with van der Waals surface area (Å²) < 4.78 is 0. The molecule has 1 aromatic rings. The molecule has 0 radical (unpaired) electrons. The van der Waals surface area contributed by atoms with Crippen LogP contribution >= 0.6 is 0 Å². The van der Waals surface area contributed by atoms with E-state index in [0.29, 0.717) is 13.0 Å². The van der Waals surface area contributed by atoms with E-state index < -0.39 is 0 Å². The molecule has 1 aromatic carbocycles. The minimum Gasteiger partial charge on any atom is -0.198 e. The zero-order chi connectivity index (χ0) is 9.52. The number of nitriles is 1. The van der Waals surface area contributed by atoms with Crippen LogP contribution in [0, 0.1) is 11.3 Å². The summed E-state index contributed by atoms with van der Waals surface area (Å²) in [5.74, 6) is 0. The predicted molar refractivity (Wildman–Crippen MR) is 48.6 cm³/mol. The Hall–Kier alpha value is -1.98. The van der Waals surface area contributed by atoms with E-state index in [9.17, 15) is 0 Å².